The molecular weight excluding hydrogens is 460 g/mol. The molecule has 4 aromatic rings. The molecule has 10 heteroatoms. The molecule has 2 heterocycles. The van der Waals surface area contributed by atoms with Crippen LogP contribution in [0.3, 0.4) is 0 Å². The van der Waals surface area contributed by atoms with Gasteiger partial charge < -0.3 is 14.8 Å². The Bertz CT molecular complexity index is 1380. The molecule has 0 aliphatic heterocycles. The van der Waals surface area contributed by atoms with Crippen molar-refractivity contribution in [2.45, 2.75) is 17.3 Å². The maximum Gasteiger partial charge on any atom is 0.261 e. The fourth-order valence-electron chi connectivity index (χ4n) is 3.18. The molecule has 1 unspecified atom stereocenters. The summed E-state index contributed by atoms with van der Waals surface area (Å²) >= 11 is 2.56. The first kappa shape index (κ1) is 22.8. The quantitative estimate of drug-likeness (QED) is 0.312. The van der Waals surface area contributed by atoms with Crippen LogP contribution in [0.15, 0.2) is 57.8 Å². The van der Waals surface area contributed by atoms with Crippen LogP contribution in [-0.2, 0) is 11.8 Å². The predicted octanol–water partition coefficient (Wildman–Crippen LogP) is 4.19. The number of thiazole rings is 1. The number of nitrogens with zero attached hydrogens (tertiary/aromatic N) is 3. The standard InChI is InChI=1S/C23H22N4O4S2/c1-13(33-23-25-16-8-6-5-7-15(16)21(29)27(23)2)20(28)26-22-24-17(12-32-22)14-9-10-18(30-3)19(11-14)31-4/h5-13H,1-4H3,(H,24,26,28). The average molecular weight is 483 g/mol. The van der Waals surface area contributed by atoms with E-state index in [1.807, 2.05) is 29.6 Å². The van der Waals surface area contributed by atoms with E-state index < -0.39 is 5.25 Å². The molecule has 1 N–H and O–H groups in total. The third-order valence-electron chi connectivity index (χ3n) is 5.01. The minimum atomic E-state index is -0.488. The normalized spacial score (nSPS) is 11.9. The van der Waals surface area contributed by atoms with E-state index in [1.165, 1.54) is 27.7 Å². The smallest absolute Gasteiger partial charge is 0.261 e. The molecule has 1 atom stereocenters. The lowest BCUT2D eigenvalue weighted by atomic mass is 10.1. The molecule has 33 heavy (non-hydrogen) atoms. The van der Waals surface area contributed by atoms with Crippen LogP contribution in [0, 0.1) is 0 Å². The summed E-state index contributed by atoms with van der Waals surface area (Å²) in [5.41, 5.74) is 2.03. The highest BCUT2D eigenvalue weighted by molar-refractivity contribution is 8.00. The van der Waals surface area contributed by atoms with Crippen LogP contribution in [0.4, 0.5) is 5.13 Å². The average Bonchev–Trinajstić information content (AvgIpc) is 3.30. The second-order valence-electron chi connectivity index (χ2n) is 7.13. The van der Waals surface area contributed by atoms with Crippen LogP contribution in [-0.4, -0.2) is 39.9 Å². The molecule has 1 amide bonds. The zero-order valence-corrected chi connectivity index (χ0v) is 20.1. The molecule has 0 bridgehead atoms. The summed E-state index contributed by atoms with van der Waals surface area (Å²) < 4.78 is 12.1. The van der Waals surface area contributed by atoms with Gasteiger partial charge in [-0.25, -0.2) is 9.97 Å². The Kier molecular flexibility index (Phi) is 6.66. The Morgan fingerprint density at radius 2 is 1.88 bits per heavy atom. The zero-order chi connectivity index (χ0) is 23.5. The lowest BCUT2D eigenvalue weighted by Gasteiger charge is -2.13. The fraction of sp³-hybridized carbons (Fsp3) is 0.217. The second kappa shape index (κ2) is 9.63. The van der Waals surface area contributed by atoms with Crippen molar-refractivity contribution in [1.82, 2.24) is 14.5 Å². The lowest BCUT2D eigenvalue weighted by Crippen LogP contribution is -2.25. The molecule has 0 saturated carbocycles. The topological polar surface area (TPSA) is 95.3 Å². The maximum absolute atomic E-state index is 12.8. The highest BCUT2D eigenvalue weighted by Crippen LogP contribution is 2.33. The van der Waals surface area contributed by atoms with Crippen molar-refractivity contribution < 1.29 is 14.3 Å². The van der Waals surface area contributed by atoms with Gasteiger partial charge in [0.1, 0.15) is 0 Å². The van der Waals surface area contributed by atoms with Crippen LogP contribution in [0.1, 0.15) is 6.92 Å². The molecule has 0 fully saturated rings. The van der Waals surface area contributed by atoms with E-state index in [4.69, 9.17) is 9.47 Å². The number of fused-ring (bicyclic) bond motifs is 1. The molecule has 0 saturated heterocycles. The van der Waals surface area contributed by atoms with Gasteiger partial charge in [-0.05, 0) is 37.3 Å². The van der Waals surface area contributed by atoms with Crippen molar-refractivity contribution in [3.8, 4) is 22.8 Å². The summed E-state index contributed by atoms with van der Waals surface area (Å²) in [5.74, 6) is 1.01. The summed E-state index contributed by atoms with van der Waals surface area (Å²) in [6.45, 7) is 1.77. The van der Waals surface area contributed by atoms with Gasteiger partial charge in [0.05, 0.1) is 36.1 Å². The maximum atomic E-state index is 12.8. The van der Waals surface area contributed by atoms with E-state index in [0.717, 1.165) is 11.3 Å². The molecule has 170 valence electrons. The molecule has 2 aromatic heterocycles. The van der Waals surface area contributed by atoms with E-state index in [-0.39, 0.29) is 11.5 Å². The summed E-state index contributed by atoms with van der Waals surface area (Å²) in [4.78, 5) is 34.5. The first-order valence-corrected chi connectivity index (χ1v) is 11.8. The number of benzene rings is 2. The SMILES string of the molecule is COc1ccc(-c2csc(NC(=O)C(C)Sc3nc4ccccc4c(=O)n3C)n2)cc1OC. The van der Waals surface area contributed by atoms with Gasteiger partial charge in [-0.3, -0.25) is 14.2 Å². The van der Waals surface area contributed by atoms with Crippen LogP contribution < -0.4 is 20.3 Å². The van der Waals surface area contributed by atoms with Crippen molar-refractivity contribution >= 4 is 45.0 Å². The number of hydrogen-bond donors (Lipinski definition) is 1. The molecule has 0 aliphatic rings. The van der Waals surface area contributed by atoms with Crippen molar-refractivity contribution in [3.05, 3.63) is 58.2 Å². The number of aromatic nitrogens is 3. The van der Waals surface area contributed by atoms with Gasteiger partial charge >= 0.3 is 0 Å². The number of rotatable bonds is 7. The summed E-state index contributed by atoms with van der Waals surface area (Å²) in [6, 6.07) is 12.7. The van der Waals surface area contributed by atoms with E-state index in [9.17, 15) is 9.59 Å². The fourth-order valence-corrected chi connectivity index (χ4v) is 4.78. The Morgan fingerprint density at radius 3 is 2.64 bits per heavy atom. The van der Waals surface area contributed by atoms with Crippen molar-refractivity contribution in [1.29, 1.82) is 0 Å². The van der Waals surface area contributed by atoms with Crippen LogP contribution >= 0.6 is 23.1 Å². The first-order valence-electron chi connectivity index (χ1n) is 10.0. The number of hydrogen-bond acceptors (Lipinski definition) is 8. The third kappa shape index (κ3) is 4.71. The first-order chi connectivity index (χ1) is 15.9. The molecular formula is C23H22N4O4S2. The molecule has 4 rings (SSSR count). The summed E-state index contributed by atoms with van der Waals surface area (Å²) in [6.07, 6.45) is 0. The van der Waals surface area contributed by atoms with Gasteiger partial charge in [0.15, 0.2) is 21.8 Å². The molecule has 2 aromatic carbocycles. The number of methoxy groups -OCH3 is 2. The van der Waals surface area contributed by atoms with Gasteiger partial charge in [-0.2, -0.15) is 0 Å². The highest BCUT2D eigenvalue weighted by atomic mass is 32.2. The number of para-hydroxylation sites is 1. The Labute approximate surface area is 198 Å². The van der Waals surface area contributed by atoms with E-state index in [1.54, 1.807) is 46.4 Å². The van der Waals surface area contributed by atoms with Gasteiger partial charge in [-0.15, -0.1) is 11.3 Å². The van der Waals surface area contributed by atoms with Gasteiger partial charge in [0.2, 0.25) is 5.91 Å². The number of amides is 1. The van der Waals surface area contributed by atoms with Crippen molar-refractivity contribution in [2.75, 3.05) is 19.5 Å². The predicted molar refractivity (Wildman–Crippen MR) is 132 cm³/mol. The van der Waals surface area contributed by atoms with Crippen LogP contribution in [0.2, 0.25) is 0 Å². The number of carbonyl (C=O) groups excluding carboxylic acids is 1. The van der Waals surface area contributed by atoms with Gasteiger partial charge in [0.25, 0.3) is 5.56 Å². The van der Waals surface area contributed by atoms with Crippen molar-refractivity contribution in [3.63, 3.8) is 0 Å². The Hall–Kier alpha value is -3.37. The number of thioether (sulfide) groups is 1. The Morgan fingerprint density at radius 1 is 1.12 bits per heavy atom. The zero-order valence-electron chi connectivity index (χ0n) is 18.5. The third-order valence-corrected chi connectivity index (χ3v) is 6.91. The van der Waals surface area contributed by atoms with E-state index in [2.05, 4.69) is 15.3 Å². The van der Waals surface area contributed by atoms with Gasteiger partial charge in [0, 0.05) is 18.0 Å². The molecule has 0 aliphatic carbocycles. The molecule has 0 radical (unpaired) electrons. The highest BCUT2D eigenvalue weighted by Gasteiger charge is 2.20. The van der Waals surface area contributed by atoms with Crippen LogP contribution in [0.25, 0.3) is 22.2 Å². The summed E-state index contributed by atoms with van der Waals surface area (Å²) in [5, 5.41) is 5.74. The molecule has 0 spiro atoms. The minimum Gasteiger partial charge on any atom is -0.493 e. The van der Waals surface area contributed by atoms with Crippen molar-refractivity contribution in [2.24, 2.45) is 7.05 Å². The second-order valence-corrected chi connectivity index (χ2v) is 9.30. The Balaban J connectivity index is 1.48. The lowest BCUT2D eigenvalue weighted by molar-refractivity contribution is -0.115. The largest absolute Gasteiger partial charge is 0.493 e. The number of carbonyl (C=O) groups is 1. The molecule has 8 nitrogen and oxygen atoms in total. The number of anilines is 1. The monoisotopic (exact) mass is 482 g/mol. The van der Waals surface area contributed by atoms with Crippen LogP contribution in [0.5, 0.6) is 11.5 Å². The number of ether oxygens (including phenoxy) is 2. The van der Waals surface area contributed by atoms with Gasteiger partial charge in [-0.1, -0.05) is 23.9 Å². The number of nitrogens with one attached hydrogen (secondary N) is 1. The summed E-state index contributed by atoms with van der Waals surface area (Å²) in [7, 11) is 4.82. The van der Waals surface area contributed by atoms with E-state index in [0.29, 0.717) is 32.7 Å². The minimum absolute atomic E-state index is 0.143. The van der Waals surface area contributed by atoms with E-state index >= 15 is 0 Å².